The van der Waals surface area contributed by atoms with Gasteiger partial charge in [-0.1, -0.05) is 11.6 Å². The lowest BCUT2D eigenvalue weighted by atomic mass is 10.2. The number of methoxy groups -OCH3 is 1. The number of halogens is 2. The highest BCUT2D eigenvalue weighted by Crippen LogP contribution is 2.27. The lowest BCUT2D eigenvalue weighted by Crippen LogP contribution is -2.22. The van der Waals surface area contributed by atoms with E-state index in [1.54, 1.807) is 18.2 Å². The number of hydrogen-bond acceptors (Lipinski definition) is 4. The van der Waals surface area contributed by atoms with Gasteiger partial charge in [0.25, 0.3) is 0 Å². The SMILES string of the molecule is COc1ccc(NC(C)=O)cc1NCC(=O)Nc1ccc(F)c(Cl)c1. The van der Waals surface area contributed by atoms with E-state index < -0.39 is 5.82 Å². The molecule has 0 unspecified atom stereocenters. The lowest BCUT2D eigenvalue weighted by molar-refractivity contribution is -0.115. The van der Waals surface area contributed by atoms with Crippen LogP contribution in [0.1, 0.15) is 6.92 Å². The van der Waals surface area contributed by atoms with Gasteiger partial charge >= 0.3 is 0 Å². The normalized spacial score (nSPS) is 10.1. The number of carbonyl (C=O) groups excluding carboxylic acids is 2. The Hall–Kier alpha value is -2.80. The summed E-state index contributed by atoms with van der Waals surface area (Å²) in [6.45, 7) is 1.34. The number of nitrogens with one attached hydrogen (secondary N) is 3. The van der Waals surface area contributed by atoms with Gasteiger partial charge in [0.15, 0.2) is 0 Å². The van der Waals surface area contributed by atoms with Crippen molar-refractivity contribution >= 4 is 40.5 Å². The zero-order chi connectivity index (χ0) is 18.4. The van der Waals surface area contributed by atoms with E-state index in [2.05, 4.69) is 16.0 Å². The zero-order valence-electron chi connectivity index (χ0n) is 13.7. The molecule has 2 aromatic rings. The molecule has 0 saturated heterocycles. The maximum absolute atomic E-state index is 13.1. The lowest BCUT2D eigenvalue weighted by Gasteiger charge is -2.13. The summed E-state index contributed by atoms with van der Waals surface area (Å²) < 4.78 is 18.3. The molecule has 3 N–H and O–H groups in total. The maximum atomic E-state index is 13.1. The summed E-state index contributed by atoms with van der Waals surface area (Å²) >= 11 is 5.68. The minimum absolute atomic E-state index is 0.0606. The molecule has 0 aromatic heterocycles. The highest BCUT2D eigenvalue weighted by Gasteiger charge is 2.09. The van der Waals surface area contributed by atoms with Crippen molar-refractivity contribution in [2.24, 2.45) is 0 Å². The second-order valence-electron chi connectivity index (χ2n) is 5.13. The fraction of sp³-hybridized carbons (Fsp3) is 0.176. The quantitative estimate of drug-likeness (QED) is 0.732. The van der Waals surface area contributed by atoms with Crippen LogP contribution >= 0.6 is 11.6 Å². The Morgan fingerprint density at radius 3 is 2.44 bits per heavy atom. The molecular formula is C17H17ClFN3O3. The van der Waals surface area contributed by atoms with Crippen LogP contribution in [0.25, 0.3) is 0 Å². The summed E-state index contributed by atoms with van der Waals surface area (Å²) in [4.78, 5) is 23.2. The van der Waals surface area contributed by atoms with Gasteiger partial charge in [0.1, 0.15) is 11.6 Å². The van der Waals surface area contributed by atoms with Crippen LogP contribution in [0.4, 0.5) is 21.5 Å². The maximum Gasteiger partial charge on any atom is 0.243 e. The Bertz CT molecular complexity index is 799. The predicted molar refractivity (Wildman–Crippen MR) is 95.8 cm³/mol. The number of hydrogen-bond donors (Lipinski definition) is 3. The van der Waals surface area contributed by atoms with Gasteiger partial charge in [-0.2, -0.15) is 0 Å². The van der Waals surface area contributed by atoms with Crippen molar-refractivity contribution in [1.82, 2.24) is 0 Å². The molecule has 2 aromatic carbocycles. The highest BCUT2D eigenvalue weighted by atomic mass is 35.5. The van der Waals surface area contributed by atoms with Crippen molar-refractivity contribution in [3.63, 3.8) is 0 Å². The Morgan fingerprint density at radius 1 is 1.12 bits per heavy atom. The van der Waals surface area contributed by atoms with Crippen molar-refractivity contribution in [2.45, 2.75) is 6.92 Å². The monoisotopic (exact) mass is 365 g/mol. The van der Waals surface area contributed by atoms with E-state index in [9.17, 15) is 14.0 Å². The molecule has 0 saturated carbocycles. The van der Waals surface area contributed by atoms with Crippen molar-refractivity contribution < 1.29 is 18.7 Å². The second kappa shape index (κ2) is 8.34. The van der Waals surface area contributed by atoms with E-state index in [4.69, 9.17) is 16.3 Å². The van der Waals surface area contributed by atoms with Crippen LogP contribution in [0, 0.1) is 5.82 Å². The van der Waals surface area contributed by atoms with Gasteiger partial charge in [0.05, 0.1) is 24.4 Å². The number of ether oxygens (including phenoxy) is 1. The molecule has 2 rings (SSSR count). The molecule has 0 atom stereocenters. The van der Waals surface area contributed by atoms with Crippen LogP contribution in [-0.4, -0.2) is 25.5 Å². The Morgan fingerprint density at radius 2 is 1.80 bits per heavy atom. The number of carbonyl (C=O) groups is 2. The van der Waals surface area contributed by atoms with E-state index in [1.165, 1.54) is 32.2 Å². The van der Waals surface area contributed by atoms with Crippen LogP contribution in [0.2, 0.25) is 5.02 Å². The largest absolute Gasteiger partial charge is 0.495 e. The smallest absolute Gasteiger partial charge is 0.243 e. The third-order valence-corrected chi connectivity index (χ3v) is 3.45. The van der Waals surface area contributed by atoms with Gasteiger partial charge in [0.2, 0.25) is 11.8 Å². The zero-order valence-corrected chi connectivity index (χ0v) is 14.4. The van der Waals surface area contributed by atoms with Crippen LogP contribution < -0.4 is 20.7 Å². The molecule has 0 heterocycles. The topological polar surface area (TPSA) is 79.5 Å². The first-order valence-electron chi connectivity index (χ1n) is 7.33. The number of rotatable bonds is 6. The van der Waals surface area contributed by atoms with E-state index in [-0.39, 0.29) is 23.4 Å². The molecule has 0 aliphatic rings. The first-order chi connectivity index (χ1) is 11.9. The van der Waals surface area contributed by atoms with E-state index in [1.807, 2.05) is 0 Å². The molecule has 0 bridgehead atoms. The Labute approximate surface area is 149 Å². The van der Waals surface area contributed by atoms with E-state index in [0.29, 0.717) is 22.8 Å². The van der Waals surface area contributed by atoms with Crippen molar-refractivity contribution in [1.29, 1.82) is 0 Å². The Kier molecular flexibility index (Phi) is 6.19. The van der Waals surface area contributed by atoms with Gasteiger partial charge in [-0.15, -0.1) is 0 Å². The molecule has 0 spiro atoms. The van der Waals surface area contributed by atoms with Crippen LogP contribution in [0.5, 0.6) is 5.75 Å². The minimum Gasteiger partial charge on any atom is -0.495 e. The fourth-order valence-corrected chi connectivity index (χ4v) is 2.26. The number of benzene rings is 2. The summed E-state index contributed by atoms with van der Waals surface area (Å²) in [6.07, 6.45) is 0. The first-order valence-corrected chi connectivity index (χ1v) is 7.71. The molecule has 25 heavy (non-hydrogen) atoms. The average Bonchev–Trinajstić information content (AvgIpc) is 2.56. The molecule has 6 nitrogen and oxygen atoms in total. The third-order valence-electron chi connectivity index (χ3n) is 3.16. The van der Waals surface area contributed by atoms with Crippen LogP contribution in [0.15, 0.2) is 36.4 Å². The molecule has 8 heteroatoms. The second-order valence-corrected chi connectivity index (χ2v) is 5.53. The fourth-order valence-electron chi connectivity index (χ4n) is 2.08. The van der Waals surface area contributed by atoms with Gasteiger partial charge < -0.3 is 20.7 Å². The standard InChI is InChI=1S/C17H17ClFN3O3/c1-10(23)21-12-4-6-16(25-2)15(8-12)20-9-17(24)22-11-3-5-14(19)13(18)7-11/h3-8,20H,9H2,1-2H3,(H,21,23)(H,22,24). The van der Waals surface area contributed by atoms with Gasteiger partial charge in [0, 0.05) is 18.3 Å². The molecule has 0 aliphatic heterocycles. The van der Waals surface area contributed by atoms with Gasteiger partial charge in [-0.25, -0.2) is 4.39 Å². The number of anilines is 3. The molecule has 0 fully saturated rings. The average molecular weight is 366 g/mol. The van der Waals surface area contributed by atoms with Crippen molar-refractivity contribution in [3.05, 3.63) is 47.2 Å². The highest BCUT2D eigenvalue weighted by molar-refractivity contribution is 6.31. The van der Waals surface area contributed by atoms with E-state index in [0.717, 1.165) is 0 Å². The van der Waals surface area contributed by atoms with Gasteiger partial charge in [-0.05, 0) is 36.4 Å². The van der Waals surface area contributed by atoms with Crippen molar-refractivity contribution in [3.8, 4) is 5.75 Å². The Balaban J connectivity index is 2.02. The van der Waals surface area contributed by atoms with E-state index >= 15 is 0 Å². The summed E-state index contributed by atoms with van der Waals surface area (Å²) in [7, 11) is 1.50. The third kappa shape index (κ3) is 5.36. The van der Waals surface area contributed by atoms with Crippen molar-refractivity contribution in [2.75, 3.05) is 29.6 Å². The predicted octanol–water partition coefficient (Wildman–Crippen LogP) is 3.50. The summed E-state index contributed by atoms with van der Waals surface area (Å²) in [5.74, 6) is -0.597. The molecule has 0 radical (unpaired) electrons. The summed E-state index contributed by atoms with van der Waals surface area (Å²) in [5, 5.41) is 8.11. The molecule has 0 aliphatic carbocycles. The minimum atomic E-state index is -0.558. The van der Waals surface area contributed by atoms with Crippen LogP contribution in [0.3, 0.4) is 0 Å². The van der Waals surface area contributed by atoms with Gasteiger partial charge in [-0.3, -0.25) is 9.59 Å². The number of amides is 2. The molecule has 132 valence electrons. The summed E-state index contributed by atoms with van der Waals surface area (Å²) in [6, 6.07) is 8.93. The first kappa shape index (κ1) is 18.5. The summed E-state index contributed by atoms with van der Waals surface area (Å²) in [5.41, 5.74) is 1.50. The molecule has 2 amide bonds. The van der Waals surface area contributed by atoms with Crippen LogP contribution in [-0.2, 0) is 9.59 Å². The molecular weight excluding hydrogens is 349 g/mol.